The molecule has 2 aromatic carbocycles. The highest BCUT2D eigenvalue weighted by Crippen LogP contribution is 2.22. The lowest BCUT2D eigenvalue weighted by atomic mass is 10.0. The van der Waals surface area contributed by atoms with Crippen molar-refractivity contribution in [3.05, 3.63) is 59.4 Å². The fourth-order valence-electron chi connectivity index (χ4n) is 1.75. The van der Waals surface area contributed by atoms with Crippen LogP contribution in [0.1, 0.15) is 20.7 Å². The van der Waals surface area contributed by atoms with Gasteiger partial charge in [-0.15, -0.1) is 0 Å². The molecule has 0 N–H and O–H groups in total. The third-order valence-electron chi connectivity index (χ3n) is 2.70. The van der Waals surface area contributed by atoms with Crippen molar-refractivity contribution < 1.29 is 18.7 Å². The molecule has 19 heavy (non-hydrogen) atoms. The van der Waals surface area contributed by atoms with Crippen LogP contribution >= 0.6 is 0 Å². The van der Waals surface area contributed by atoms with Crippen molar-refractivity contribution in [1.82, 2.24) is 0 Å². The summed E-state index contributed by atoms with van der Waals surface area (Å²) in [4.78, 5) is 22.0. The number of carbonyl (C=O) groups is 2. The summed E-state index contributed by atoms with van der Waals surface area (Å²) in [6.45, 7) is 0. The SMILES string of the molecule is COC(=O)c1cc(F)cc(-c2ccc(C=O)cc2)c1. The minimum Gasteiger partial charge on any atom is -0.465 e. The third kappa shape index (κ3) is 2.85. The van der Waals surface area contributed by atoms with E-state index in [0.717, 1.165) is 17.9 Å². The van der Waals surface area contributed by atoms with Gasteiger partial charge < -0.3 is 4.74 Å². The smallest absolute Gasteiger partial charge is 0.337 e. The molecule has 0 aliphatic heterocycles. The first kappa shape index (κ1) is 13.0. The molecular weight excluding hydrogens is 247 g/mol. The highest BCUT2D eigenvalue weighted by Gasteiger charge is 2.10. The van der Waals surface area contributed by atoms with E-state index in [1.165, 1.54) is 13.2 Å². The van der Waals surface area contributed by atoms with Crippen molar-refractivity contribution >= 4 is 12.3 Å². The van der Waals surface area contributed by atoms with Crippen molar-refractivity contribution in [3.63, 3.8) is 0 Å². The number of methoxy groups -OCH3 is 1. The molecule has 0 saturated heterocycles. The van der Waals surface area contributed by atoms with Crippen molar-refractivity contribution in [2.75, 3.05) is 7.11 Å². The van der Waals surface area contributed by atoms with E-state index >= 15 is 0 Å². The molecule has 0 saturated carbocycles. The first-order chi connectivity index (χ1) is 9.13. The molecule has 0 atom stereocenters. The predicted octanol–water partition coefficient (Wildman–Crippen LogP) is 3.09. The second kappa shape index (κ2) is 5.44. The number of ether oxygens (including phenoxy) is 1. The zero-order valence-electron chi connectivity index (χ0n) is 10.2. The van der Waals surface area contributed by atoms with Crippen LogP contribution in [0.3, 0.4) is 0 Å². The van der Waals surface area contributed by atoms with Crippen molar-refractivity contribution in [1.29, 1.82) is 0 Å². The summed E-state index contributed by atoms with van der Waals surface area (Å²) in [5.41, 5.74) is 1.96. The van der Waals surface area contributed by atoms with E-state index in [2.05, 4.69) is 4.74 Å². The minimum absolute atomic E-state index is 0.150. The molecule has 0 radical (unpaired) electrons. The van der Waals surface area contributed by atoms with Gasteiger partial charge in [-0.05, 0) is 29.3 Å². The maximum absolute atomic E-state index is 13.5. The maximum Gasteiger partial charge on any atom is 0.337 e. The number of hydrogen-bond donors (Lipinski definition) is 0. The molecule has 0 fully saturated rings. The number of esters is 1. The fourth-order valence-corrected chi connectivity index (χ4v) is 1.75. The van der Waals surface area contributed by atoms with Gasteiger partial charge in [-0.2, -0.15) is 0 Å². The Morgan fingerprint density at radius 1 is 1.11 bits per heavy atom. The van der Waals surface area contributed by atoms with Gasteiger partial charge in [0.05, 0.1) is 12.7 Å². The zero-order valence-corrected chi connectivity index (χ0v) is 10.2. The largest absolute Gasteiger partial charge is 0.465 e. The lowest BCUT2D eigenvalue weighted by Crippen LogP contribution is -2.02. The lowest BCUT2D eigenvalue weighted by molar-refractivity contribution is 0.0600. The van der Waals surface area contributed by atoms with Crippen LogP contribution < -0.4 is 0 Å². The summed E-state index contributed by atoms with van der Waals surface area (Å²) in [5, 5.41) is 0. The summed E-state index contributed by atoms with van der Waals surface area (Å²) in [5.74, 6) is -1.11. The Morgan fingerprint density at radius 2 is 1.79 bits per heavy atom. The Balaban J connectivity index is 2.46. The Kier molecular flexibility index (Phi) is 3.71. The molecule has 2 aromatic rings. The molecule has 0 aromatic heterocycles. The molecule has 0 aliphatic carbocycles. The average molecular weight is 258 g/mol. The molecule has 0 spiro atoms. The van der Waals surface area contributed by atoms with Gasteiger partial charge >= 0.3 is 5.97 Å². The predicted molar refractivity (Wildman–Crippen MR) is 68.6 cm³/mol. The molecule has 0 unspecified atom stereocenters. The van der Waals surface area contributed by atoms with E-state index in [9.17, 15) is 14.0 Å². The summed E-state index contributed by atoms with van der Waals surface area (Å²) >= 11 is 0. The van der Waals surface area contributed by atoms with Crippen molar-refractivity contribution in [2.24, 2.45) is 0 Å². The molecule has 0 bridgehead atoms. The molecule has 0 heterocycles. The van der Waals surface area contributed by atoms with Crippen LogP contribution in [0.2, 0.25) is 0 Å². The van der Waals surface area contributed by atoms with E-state index < -0.39 is 11.8 Å². The quantitative estimate of drug-likeness (QED) is 0.627. The van der Waals surface area contributed by atoms with Crippen LogP contribution in [0.4, 0.5) is 4.39 Å². The van der Waals surface area contributed by atoms with Gasteiger partial charge in [-0.25, -0.2) is 9.18 Å². The lowest BCUT2D eigenvalue weighted by Gasteiger charge is -2.05. The number of carbonyl (C=O) groups excluding carboxylic acids is 2. The second-order valence-electron chi connectivity index (χ2n) is 3.96. The number of aldehydes is 1. The number of rotatable bonds is 3. The maximum atomic E-state index is 13.5. The Morgan fingerprint density at radius 3 is 2.37 bits per heavy atom. The summed E-state index contributed by atoms with van der Waals surface area (Å²) in [6, 6.07) is 10.6. The van der Waals surface area contributed by atoms with Crippen LogP contribution in [-0.4, -0.2) is 19.4 Å². The van der Waals surface area contributed by atoms with Gasteiger partial charge in [0.25, 0.3) is 0 Å². The van der Waals surface area contributed by atoms with Crippen LogP contribution in [0.5, 0.6) is 0 Å². The fraction of sp³-hybridized carbons (Fsp3) is 0.0667. The molecule has 0 amide bonds. The first-order valence-corrected chi connectivity index (χ1v) is 5.58. The van der Waals surface area contributed by atoms with E-state index in [-0.39, 0.29) is 5.56 Å². The number of hydrogen-bond acceptors (Lipinski definition) is 3. The summed E-state index contributed by atoms with van der Waals surface area (Å²) < 4.78 is 18.1. The average Bonchev–Trinajstić information content (AvgIpc) is 2.45. The molecule has 96 valence electrons. The molecule has 4 heteroatoms. The van der Waals surface area contributed by atoms with Crippen LogP contribution in [0.15, 0.2) is 42.5 Å². The van der Waals surface area contributed by atoms with Crippen molar-refractivity contribution in [2.45, 2.75) is 0 Å². The van der Waals surface area contributed by atoms with Gasteiger partial charge in [-0.1, -0.05) is 24.3 Å². The molecular formula is C15H11FO3. The van der Waals surface area contributed by atoms with Crippen LogP contribution in [0.25, 0.3) is 11.1 Å². The third-order valence-corrected chi connectivity index (χ3v) is 2.70. The van der Waals surface area contributed by atoms with E-state index in [1.807, 2.05) is 0 Å². The van der Waals surface area contributed by atoms with Gasteiger partial charge in [0.2, 0.25) is 0 Å². The molecule has 2 rings (SSSR count). The zero-order chi connectivity index (χ0) is 13.8. The first-order valence-electron chi connectivity index (χ1n) is 5.58. The van der Waals surface area contributed by atoms with E-state index in [1.54, 1.807) is 30.3 Å². The highest BCUT2D eigenvalue weighted by atomic mass is 19.1. The Bertz CT molecular complexity index is 618. The number of benzene rings is 2. The van der Waals surface area contributed by atoms with E-state index in [4.69, 9.17) is 0 Å². The Hall–Kier alpha value is -2.49. The van der Waals surface area contributed by atoms with Gasteiger partial charge in [-0.3, -0.25) is 4.79 Å². The second-order valence-corrected chi connectivity index (χ2v) is 3.96. The summed E-state index contributed by atoms with van der Waals surface area (Å²) in [6.07, 6.45) is 0.731. The van der Waals surface area contributed by atoms with Crippen molar-refractivity contribution in [3.8, 4) is 11.1 Å². The molecule has 3 nitrogen and oxygen atoms in total. The van der Waals surface area contributed by atoms with Gasteiger partial charge in [0, 0.05) is 5.56 Å². The normalized spacial score (nSPS) is 10.0. The summed E-state index contributed by atoms with van der Waals surface area (Å²) in [7, 11) is 1.24. The monoisotopic (exact) mass is 258 g/mol. The highest BCUT2D eigenvalue weighted by molar-refractivity contribution is 5.91. The minimum atomic E-state index is -0.592. The van der Waals surface area contributed by atoms with E-state index in [0.29, 0.717) is 11.1 Å². The van der Waals surface area contributed by atoms with Crippen LogP contribution in [-0.2, 0) is 4.74 Å². The van der Waals surface area contributed by atoms with Gasteiger partial charge in [0.15, 0.2) is 0 Å². The van der Waals surface area contributed by atoms with Gasteiger partial charge in [0.1, 0.15) is 12.1 Å². The molecule has 0 aliphatic rings. The topological polar surface area (TPSA) is 43.4 Å². The van der Waals surface area contributed by atoms with Crippen LogP contribution in [0, 0.1) is 5.82 Å². The standard InChI is InChI=1S/C15H11FO3/c1-19-15(18)13-6-12(7-14(16)8-13)11-4-2-10(9-17)3-5-11/h2-9H,1H3. The Labute approximate surface area is 109 Å². The number of halogens is 1.